The molecule has 27 heavy (non-hydrogen) atoms. The molecule has 2 aromatic rings. The Labute approximate surface area is 158 Å². The minimum Gasteiger partial charge on any atom is -0.489 e. The van der Waals surface area contributed by atoms with E-state index < -0.39 is 5.91 Å². The average molecular weight is 372 g/mol. The van der Waals surface area contributed by atoms with Gasteiger partial charge in [0.1, 0.15) is 17.7 Å². The number of carbonyl (C=O) groups is 1. The second-order valence-corrected chi connectivity index (χ2v) is 5.97. The lowest BCUT2D eigenvalue weighted by molar-refractivity contribution is 0.100. The Morgan fingerprint density at radius 1 is 1.22 bits per heavy atom. The Morgan fingerprint density at radius 3 is 2.56 bits per heavy atom. The number of hydrogen-bond donors (Lipinski definition) is 3. The molecule has 1 unspecified atom stereocenters. The normalized spacial score (nSPS) is 12.3. The molecule has 1 atom stereocenters. The largest absolute Gasteiger partial charge is 0.489 e. The molecular weight excluding hydrogens is 347 g/mol. The van der Waals surface area contributed by atoms with Crippen molar-refractivity contribution in [3.8, 4) is 5.75 Å². The summed E-state index contributed by atoms with van der Waals surface area (Å²) in [5, 5.41) is 6.40. The predicted molar refractivity (Wildman–Crippen MR) is 104 cm³/mol. The van der Waals surface area contributed by atoms with Gasteiger partial charge in [-0.15, -0.1) is 0 Å². The van der Waals surface area contributed by atoms with Gasteiger partial charge in [-0.3, -0.25) is 9.79 Å². The van der Waals surface area contributed by atoms with Crippen LogP contribution < -0.4 is 21.1 Å². The Kier molecular flexibility index (Phi) is 7.61. The fourth-order valence-electron chi connectivity index (χ4n) is 2.41. The Morgan fingerprint density at radius 2 is 1.96 bits per heavy atom. The van der Waals surface area contributed by atoms with Crippen molar-refractivity contribution in [3.05, 3.63) is 65.5 Å². The molecule has 144 valence electrons. The summed E-state index contributed by atoms with van der Waals surface area (Å²) >= 11 is 0. The van der Waals surface area contributed by atoms with Gasteiger partial charge in [0, 0.05) is 25.2 Å². The quantitative estimate of drug-likeness (QED) is 0.491. The van der Waals surface area contributed by atoms with Gasteiger partial charge in [-0.1, -0.05) is 25.1 Å². The van der Waals surface area contributed by atoms with Crippen LogP contribution in [0.1, 0.15) is 29.3 Å². The molecule has 0 spiro atoms. The minimum atomic E-state index is -0.448. The van der Waals surface area contributed by atoms with E-state index in [-0.39, 0.29) is 11.9 Å². The van der Waals surface area contributed by atoms with Crippen LogP contribution in [0.2, 0.25) is 0 Å². The second kappa shape index (κ2) is 10.2. The Hall–Kier alpha value is -3.09. The van der Waals surface area contributed by atoms with Crippen molar-refractivity contribution in [3.63, 3.8) is 0 Å². The molecule has 1 amide bonds. The van der Waals surface area contributed by atoms with Crippen LogP contribution in [0.5, 0.6) is 5.75 Å². The highest BCUT2D eigenvalue weighted by Gasteiger charge is 2.10. The molecule has 0 aromatic heterocycles. The zero-order valence-corrected chi connectivity index (χ0v) is 15.5. The number of nitrogens with two attached hydrogens (primary N) is 1. The summed E-state index contributed by atoms with van der Waals surface area (Å²) in [6.07, 6.45) is 0.634. The number of halogens is 1. The average Bonchev–Trinajstić information content (AvgIpc) is 2.67. The third-order valence-corrected chi connectivity index (χ3v) is 3.97. The van der Waals surface area contributed by atoms with Crippen LogP contribution >= 0.6 is 0 Å². The maximum Gasteiger partial charge on any atom is 0.248 e. The topological polar surface area (TPSA) is 88.7 Å². The predicted octanol–water partition coefficient (Wildman–Crippen LogP) is 2.45. The van der Waals surface area contributed by atoms with E-state index in [1.807, 2.05) is 19.1 Å². The van der Waals surface area contributed by atoms with Gasteiger partial charge in [0.05, 0.1) is 6.54 Å². The first-order chi connectivity index (χ1) is 13.0. The standard InChI is InChI=1S/C20H25FN4O2/c1-3-17(27-18-6-4-5-16(21)11-18)13-25-20(23-2)24-12-14-7-9-15(10-8-14)19(22)26/h4-11,17H,3,12-13H2,1-2H3,(H2,22,26)(H2,23,24,25). The van der Waals surface area contributed by atoms with E-state index in [2.05, 4.69) is 15.6 Å². The van der Waals surface area contributed by atoms with Crippen LogP contribution in [0, 0.1) is 5.82 Å². The summed E-state index contributed by atoms with van der Waals surface area (Å²) in [4.78, 5) is 15.3. The van der Waals surface area contributed by atoms with Gasteiger partial charge >= 0.3 is 0 Å². The number of carbonyl (C=O) groups excluding carboxylic acids is 1. The van der Waals surface area contributed by atoms with E-state index in [4.69, 9.17) is 10.5 Å². The highest BCUT2D eigenvalue weighted by Crippen LogP contribution is 2.14. The number of nitrogens with one attached hydrogen (secondary N) is 2. The van der Waals surface area contributed by atoms with Crippen LogP contribution in [0.4, 0.5) is 4.39 Å². The number of guanidine groups is 1. The molecule has 0 heterocycles. The zero-order valence-electron chi connectivity index (χ0n) is 15.5. The van der Waals surface area contributed by atoms with E-state index in [1.54, 1.807) is 31.3 Å². The molecule has 0 radical (unpaired) electrons. The van der Waals surface area contributed by atoms with Crippen LogP contribution in [0.15, 0.2) is 53.5 Å². The van der Waals surface area contributed by atoms with Crippen molar-refractivity contribution in [1.82, 2.24) is 10.6 Å². The van der Waals surface area contributed by atoms with E-state index >= 15 is 0 Å². The fourth-order valence-corrected chi connectivity index (χ4v) is 2.41. The van der Waals surface area contributed by atoms with Crippen LogP contribution in [0.25, 0.3) is 0 Å². The van der Waals surface area contributed by atoms with Gasteiger partial charge in [0.15, 0.2) is 5.96 Å². The lowest BCUT2D eigenvalue weighted by Gasteiger charge is -2.20. The molecule has 2 aromatic carbocycles. The first kappa shape index (κ1) is 20.2. The third kappa shape index (κ3) is 6.62. The number of benzene rings is 2. The second-order valence-electron chi connectivity index (χ2n) is 5.97. The molecule has 0 aliphatic rings. The lowest BCUT2D eigenvalue weighted by Crippen LogP contribution is -2.42. The van der Waals surface area contributed by atoms with E-state index in [1.165, 1.54) is 12.1 Å². The molecule has 0 bridgehead atoms. The van der Waals surface area contributed by atoms with Gasteiger partial charge in [-0.05, 0) is 36.2 Å². The van der Waals surface area contributed by atoms with Crippen molar-refractivity contribution in [2.75, 3.05) is 13.6 Å². The molecule has 6 nitrogen and oxygen atoms in total. The van der Waals surface area contributed by atoms with Crippen molar-refractivity contribution in [2.24, 2.45) is 10.7 Å². The van der Waals surface area contributed by atoms with Crippen molar-refractivity contribution in [2.45, 2.75) is 26.0 Å². The van der Waals surface area contributed by atoms with Crippen LogP contribution in [-0.2, 0) is 6.54 Å². The van der Waals surface area contributed by atoms with Crippen molar-refractivity contribution >= 4 is 11.9 Å². The van der Waals surface area contributed by atoms with E-state index in [0.29, 0.717) is 30.4 Å². The number of nitrogens with zero attached hydrogens (tertiary/aromatic N) is 1. The number of rotatable bonds is 8. The lowest BCUT2D eigenvalue weighted by atomic mass is 10.1. The first-order valence-electron chi connectivity index (χ1n) is 8.77. The summed E-state index contributed by atoms with van der Waals surface area (Å²) < 4.78 is 19.1. The number of aliphatic imine (C=N–C) groups is 1. The maximum atomic E-state index is 13.3. The minimum absolute atomic E-state index is 0.125. The summed E-state index contributed by atoms with van der Waals surface area (Å²) in [6, 6.07) is 13.2. The number of hydrogen-bond acceptors (Lipinski definition) is 3. The molecule has 0 aliphatic heterocycles. The monoisotopic (exact) mass is 372 g/mol. The first-order valence-corrected chi connectivity index (χ1v) is 8.77. The van der Waals surface area contributed by atoms with Gasteiger partial charge in [-0.25, -0.2) is 4.39 Å². The molecule has 0 aliphatic carbocycles. The highest BCUT2D eigenvalue weighted by molar-refractivity contribution is 5.92. The number of ether oxygens (including phenoxy) is 1. The fraction of sp³-hybridized carbons (Fsp3) is 0.300. The zero-order chi connectivity index (χ0) is 19.6. The van der Waals surface area contributed by atoms with Crippen LogP contribution in [0.3, 0.4) is 0 Å². The molecular formula is C20H25FN4O2. The molecule has 7 heteroatoms. The summed E-state index contributed by atoms with van der Waals surface area (Å²) in [5.74, 6) is 0.349. The van der Waals surface area contributed by atoms with Crippen molar-refractivity contribution < 1.29 is 13.9 Å². The smallest absolute Gasteiger partial charge is 0.248 e. The van der Waals surface area contributed by atoms with Gasteiger partial charge in [-0.2, -0.15) is 0 Å². The third-order valence-electron chi connectivity index (χ3n) is 3.97. The Balaban J connectivity index is 1.83. The summed E-state index contributed by atoms with van der Waals surface area (Å²) in [6.45, 7) is 3.07. The highest BCUT2D eigenvalue weighted by atomic mass is 19.1. The Bertz CT molecular complexity index is 778. The molecule has 0 fully saturated rings. The van der Waals surface area contributed by atoms with Crippen LogP contribution in [-0.4, -0.2) is 31.6 Å². The van der Waals surface area contributed by atoms with Gasteiger partial charge < -0.3 is 21.1 Å². The molecule has 0 saturated carbocycles. The summed E-state index contributed by atoms with van der Waals surface area (Å²) in [7, 11) is 1.68. The van der Waals surface area contributed by atoms with Gasteiger partial charge in [0.25, 0.3) is 0 Å². The maximum absolute atomic E-state index is 13.3. The number of amides is 1. The molecule has 4 N–H and O–H groups in total. The van der Waals surface area contributed by atoms with E-state index in [0.717, 1.165) is 12.0 Å². The van der Waals surface area contributed by atoms with E-state index in [9.17, 15) is 9.18 Å². The molecule has 0 saturated heterocycles. The van der Waals surface area contributed by atoms with Gasteiger partial charge in [0.2, 0.25) is 5.91 Å². The van der Waals surface area contributed by atoms with Crippen molar-refractivity contribution in [1.29, 1.82) is 0 Å². The molecule has 2 rings (SSSR count). The SMILES string of the molecule is CCC(CNC(=NC)NCc1ccc(C(N)=O)cc1)Oc1cccc(F)c1. The summed E-state index contributed by atoms with van der Waals surface area (Å²) in [5.41, 5.74) is 6.70. The number of primary amides is 1.